The maximum Gasteiger partial charge on any atom is 0.259 e. The van der Waals surface area contributed by atoms with Gasteiger partial charge in [-0.15, -0.1) is 0 Å². The standard InChI is InChI=1S/C15H14N4O2/c1-9-13(7-16-19-9)15(20)18-12-5-3-11(4-6-12)14-8-21-10(2)17-14/h3-8H,1-2H3,(H,16,19)(H,18,20). The highest BCUT2D eigenvalue weighted by Gasteiger charge is 2.11. The van der Waals surface area contributed by atoms with E-state index in [0.29, 0.717) is 17.1 Å². The Labute approximate surface area is 121 Å². The monoisotopic (exact) mass is 282 g/mol. The van der Waals surface area contributed by atoms with Gasteiger partial charge in [-0.3, -0.25) is 9.89 Å². The fourth-order valence-electron chi connectivity index (χ4n) is 2.00. The lowest BCUT2D eigenvalue weighted by Gasteiger charge is -2.05. The zero-order chi connectivity index (χ0) is 14.8. The molecule has 0 aliphatic carbocycles. The predicted octanol–water partition coefficient (Wildman–Crippen LogP) is 2.93. The van der Waals surface area contributed by atoms with E-state index < -0.39 is 0 Å². The van der Waals surface area contributed by atoms with E-state index in [4.69, 9.17) is 4.42 Å². The average Bonchev–Trinajstić information content (AvgIpc) is 3.08. The molecular formula is C15H14N4O2. The van der Waals surface area contributed by atoms with E-state index in [1.54, 1.807) is 20.1 Å². The van der Waals surface area contributed by atoms with Crippen LogP contribution in [0.1, 0.15) is 21.9 Å². The number of aryl methyl sites for hydroxylation is 2. The second-order valence-corrected chi connectivity index (χ2v) is 4.69. The van der Waals surface area contributed by atoms with Crippen LogP contribution in [0.3, 0.4) is 0 Å². The number of aromatic nitrogens is 3. The van der Waals surface area contributed by atoms with E-state index >= 15 is 0 Å². The molecule has 3 rings (SSSR count). The third-order valence-electron chi connectivity index (χ3n) is 3.13. The summed E-state index contributed by atoms with van der Waals surface area (Å²) in [6, 6.07) is 7.42. The molecule has 1 amide bonds. The number of nitrogens with zero attached hydrogens (tertiary/aromatic N) is 2. The van der Waals surface area contributed by atoms with Gasteiger partial charge in [0.2, 0.25) is 0 Å². The van der Waals surface area contributed by atoms with Crippen LogP contribution < -0.4 is 5.32 Å². The Morgan fingerprint density at radius 1 is 1.24 bits per heavy atom. The highest BCUT2D eigenvalue weighted by Crippen LogP contribution is 2.21. The number of oxazole rings is 1. The lowest BCUT2D eigenvalue weighted by Crippen LogP contribution is -2.12. The number of hydrogen-bond acceptors (Lipinski definition) is 4. The molecule has 0 atom stereocenters. The molecule has 6 nitrogen and oxygen atoms in total. The summed E-state index contributed by atoms with van der Waals surface area (Å²) in [5, 5.41) is 9.40. The highest BCUT2D eigenvalue weighted by molar-refractivity contribution is 6.04. The van der Waals surface area contributed by atoms with Crippen molar-refractivity contribution in [3.8, 4) is 11.3 Å². The van der Waals surface area contributed by atoms with Gasteiger partial charge in [0, 0.05) is 23.9 Å². The normalized spacial score (nSPS) is 10.6. The molecule has 0 spiro atoms. The summed E-state index contributed by atoms with van der Waals surface area (Å²) in [5.74, 6) is 0.434. The molecule has 2 aromatic heterocycles. The molecule has 21 heavy (non-hydrogen) atoms. The largest absolute Gasteiger partial charge is 0.449 e. The van der Waals surface area contributed by atoms with Gasteiger partial charge < -0.3 is 9.73 Å². The first-order valence-electron chi connectivity index (χ1n) is 6.47. The molecule has 1 aromatic carbocycles. The van der Waals surface area contributed by atoms with E-state index in [1.165, 1.54) is 6.20 Å². The number of carbonyl (C=O) groups is 1. The topological polar surface area (TPSA) is 83.8 Å². The number of amides is 1. The Bertz CT molecular complexity index is 771. The Morgan fingerprint density at radius 3 is 2.57 bits per heavy atom. The van der Waals surface area contributed by atoms with Gasteiger partial charge >= 0.3 is 0 Å². The van der Waals surface area contributed by atoms with E-state index in [-0.39, 0.29) is 5.91 Å². The average molecular weight is 282 g/mol. The maximum absolute atomic E-state index is 12.1. The van der Waals surface area contributed by atoms with E-state index in [2.05, 4.69) is 20.5 Å². The lowest BCUT2D eigenvalue weighted by molar-refractivity contribution is 0.102. The SMILES string of the molecule is Cc1nc(-c2ccc(NC(=O)c3cn[nH]c3C)cc2)co1. The first-order chi connectivity index (χ1) is 10.1. The number of benzene rings is 1. The molecular weight excluding hydrogens is 268 g/mol. The third kappa shape index (κ3) is 2.69. The van der Waals surface area contributed by atoms with E-state index in [9.17, 15) is 4.79 Å². The second kappa shape index (κ2) is 5.24. The summed E-state index contributed by atoms with van der Waals surface area (Å²) in [4.78, 5) is 16.3. The lowest BCUT2D eigenvalue weighted by atomic mass is 10.1. The molecule has 0 fully saturated rings. The fourth-order valence-corrected chi connectivity index (χ4v) is 2.00. The third-order valence-corrected chi connectivity index (χ3v) is 3.13. The summed E-state index contributed by atoms with van der Waals surface area (Å²) in [6.45, 7) is 3.60. The zero-order valence-corrected chi connectivity index (χ0v) is 11.7. The van der Waals surface area contributed by atoms with Crippen molar-refractivity contribution < 1.29 is 9.21 Å². The minimum absolute atomic E-state index is 0.189. The second-order valence-electron chi connectivity index (χ2n) is 4.69. The van der Waals surface area contributed by atoms with Crippen molar-refractivity contribution in [1.29, 1.82) is 0 Å². The number of carbonyl (C=O) groups excluding carboxylic acids is 1. The number of H-pyrrole nitrogens is 1. The van der Waals surface area contributed by atoms with E-state index in [0.717, 1.165) is 17.0 Å². The van der Waals surface area contributed by atoms with Crippen molar-refractivity contribution in [2.24, 2.45) is 0 Å². The van der Waals surface area contributed by atoms with Gasteiger partial charge in [-0.25, -0.2) is 4.98 Å². The maximum atomic E-state index is 12.1. The van der Waals surface area contributed by atoms with Crippen molar-refractivity contribution in [1.82, 2.24) is 15.2 Å². The molecule has 3 aromatic rings. The van der Waals surface area contributed by atoms with Crippen molar-refractivity contribution in [3.63, 3.8) is 0 Å². The number of hydrogen-bond donors (Lipinski definition) is 2. The van der Waals surface area contributed by atoms with Gasteiger partial charge in [-0.2, -0.15) is 5.10 Å². The molecule has 2 heterocycles. The first-order valence-corrected chi connectivity index (χ1v) is 6.47. The highest BCUT2D eigenvalue weighted by atomic mass is 16.3. The van der Waals surface area contributed by atoms with E-state index in [1.807, 2.05) is 24.3 Å². The molecule has 0 aliphatic heterocycles. The predicted molar refractivity (Wildman–Crippen MR) is 78.0 cm³/mol. The van der Waals surface area contributed by atoms with Gasteiger partial charge in [-0.1, -0.05) is 12.1 Å². The summed E-state index contributed by atoms with van der Waals surface area (Å²) >= 11 is 0. The molecule has 106 valence electrons. The van der Waals surface area contributed by atoms with Crippen molar-refractivity contribution >= 4 is 11.6 Å². The summed E-state index contributed by atoms with van der Waals surface area (Å²) in [5.41, 5.74) is 3.69. The molecule has 0 bridgehead atoms. The van der Waals surface area contributed by atoms with Crippen LogP contribution in [0.5, 0.6) is 0 Å². The molecule has 6 heteroatoms. The van der Waals surface area contributed by atoms with Crippen LogP contribution >= 0.6 is 0 Å². The minimum Gasteiger partial charge on any atom is -0.449 e. The van der Waals surface area contributed by atoms with Gasteiger partial charge in [0.15, 0.2) is 5.89 Å². The van der Waals surface area contributed by atoms with Crippen LogP contribution in [-0.2, 0) is 0 Å². The number of rotatable bonds is 3. The minimum atomic E-state index is -0.189. The first kappa shape index (κ1) is 13.1. The Morgan fingerprint density at radius 2 is 2.00 bits per heavy atom. The smallest absolute Gasteiger partial charge is 0.259 e. The summed E-state index contributed by atoms with van der Waals surface area (Å²) in [7, 11) is 0. The van der Waals surface area contributed by atoms with Crippen molar-refractivity contribution in [3.05, 3.63) is 53.9 Å². The summed E-state index contributed by atoms with van der Waals surface area (Å²) < 4.78 is 5.18. The van der Waals surface area contributed by atoms with Crippen LogP contribution in [0.15, 0.2) is 41.1 Å². The number of aromatic amines is 1. The van der Waals surface area contributed by atoms with Crippen molar-refractivity contribution in [2.45, 2.75) is 13.8 Å². The molecule has 0 radical (unpaired) electrons. The Balaban J connectivity index is 1.76. The molecule has 0 saturated heterocycles. The fraction of sp³-hybridized carbons (Fsp3) is 0.133. The van der Waals surface area contributed by atoms with Gasteiger partial charge in [0.1, 0.15) is 12.0 Å². The Kier molecular flexibility index (Phi) is 3.27. The van der Waals surface area contributed by atoms with Gasteiger partial charge in [-0.05, 0) is 19.1 Å². The van der Waals surface area contributed by atoms with Crippen LogP contribution in [0.25, 0.3) is 11.3 Å². The zero-order valence-electron chi connectivity index (χ0n) is 11.7. The quantitative estimate of drug-likeness (QED) is 0.773. The molecule has 0 saturated carbocycles. The van der Waals surface area contributed by atoms with Crippen LogP contribution in [0.2, 0.25) is 0 Å². The van der Waals surface area contributed by atoms with Crippen LogP contribution in [-0.4, -0.2) is 21.1 Å². The van der Waals surface area contributed by atoms with Gasteiger partial charge in [0.25, 0.3) is 5.91 Å². The van der Waals surface area contributed by atoms with Gasteiger partial charge in [0.05, 0.1) is 11.8 Å². The Hall–Kier alpha value is -2.89. The molecule has 2 N–H and O–H groups in total. The van der Waals surface area contributed by atoms with Crippen molar-refractivity contribution in [2.75, 3.05) is 5.32 Å². The number of nitrogens with one attached hydrogen (secondary N) is 2. The van der Waals surface area contributed by atoms with Crippen LogP contribution in [0.4, 0.5) is 5.69 Å². The van der Waals surface area contributed by atoms with Crippen LogP contribution in [0, 0.1) is 13.8 Å². The molecule has 0 unspecified atom stereocenters. The summed E-state index contributed by atoms with van der Waals surface area (Å²) in [6.07, 6.45) is 3.12. The number of anilines is 1. The molecule has 0 aliphatic rings.